The number of sulfonamides is 1. The largest absolute Gasteiger partial charge is 0.471 e. The van der Waals surface area contributed by atoms with E-state index in [2.05, 4.69) is 37.1 Å². The Bertz CT molecular complexity index is 2040. The molecule has 1 aromatic carbocycles. The number of likely N-dealkylation sites (tertiary alicyclic amines) is 1. The number of ether oxygens (including phenoxy) is 2. The molecule has 54 heavy (non-hydrogen) atoms. The van der Waals surface area contributed by atoms with Crippen LogP contribution in [0, 0.1) is 11.3 Å². The highest BCUT2D eigenvalue weighted by molar-refractivity contribution is 7.91. The topological polar surface area (TPSA) is 207 Å². The summed E-state index contributed by atoms with van der Waals surface area (Å²) in [5.74, 6) is -3.79. The lowest BCUT2D eigenvalue weighted by molar-refractivity contribution is -0.265. The number of rotatable bonds is 13. The number of hydrogen-bond acceptors (Lipinski definition) is 12. The number of benzene rings is 1. The molecule has 2 aliphatic carbocycles. The van der Waals surface area contributed by atoms with Crippen LogP contribution in [0.2, 0.25) is 0 Å². The van der Waals surface area contributed by atoms with E-state index in [0.29, 0.717) is 24.0 Å². The quantitative estimate of drug-likeness (QED) is 0.146. The molecule has 2 unspecified atom stereocenters. The molecule has 1 aliphatic heterocycles. The van der Waals surface area contributed by atoms with Gasteiger partial charge in [0, 0.05) is 42.4 Å². The highest BCUT2D eigenvalue weighted by Gasteiger charge is 2.62. The molecule has 4 N–H and O–H groups in total. The Morgan fingerprint density at radius 1 is 1.07 bits per heavy atom. The van der Waals surface area contributed by atoms with Gasteiger partial charge in [0.2, 0.25) is 33.6 Å². The van der Waals surface area contributed by atoms with Crippen LogP contribution in [0.25, 0.3) is 16.6 Å². The molecule has 1 saturated heterocycles. The Morgan fingerprint density at radius 3 is 2.33 bits per heavy atom. The van der Waals surface area contributed by atoms with Crippen molar-refractivity contribution < 1.29 is 37.4 Å². The number of amides is 3. The fraction of sp³-hybridized carbons (Fsp3) is 0.568. The molecule has 0 spiro atoms. The molecular formula is C37H50N8O8S. The summed E-state index contributed by atoms with van der Waals surface area (Å²) in [5.41, 5.74) is -3.14. The molecule has 16 nitrogen and oxygen atoms in total. The van der Waals surface area contributed by atoms with E-state index in [1.165, 1.54) is 17.9 Å². The average Bonchev–Trinajstić information content (AvgIpc) is 3.94. The van der Waals surface area contributed by atoms with Gasteiger partial charge in [0.1, 0.15) is 24.0 Å². The molecule has 2 aromatic heterocycles. The summed E-state index contributed by atoms with van der Waals surface area (Å²) in [6, 6.07) is 5.17. The number of carbonyl (C=O) groups is 3. The number of nitrogens with zero attached hydrogens (tertiary/aromatic N) is 5. The second kappa shape index (κ2) is 14.0. The molecule has 3 aromatic rings. The van der Waals surface area contributed by atoms with E-state index < -0.39 is 79.6 Å². The molecule has 17 heteroatoms. The van der Waals surface area contributed by atoms with Crippen LogP contribution in [0.3, 0.4) is 0 Å². The van der Waals surface area contributed by atoms with Crippen LogP contribution in [-0.4, -0.2) is 103 Å². The number of aromatic nitrogens is 4. The van der Waals surface area contributed by atoms with Gasteiger partial charge in [-0.15, -0.1) is 16.8 Å². The maximum absolute atomic E-state index is 14.7. The van der Waals surface area contributed by atoms with Crippen molar-refractivity contribution in [2.75, 3.05) is 6.54 Å². The van der Waals surface area contributed by atoms with E-state index >= 15 is 0 Å². The van der Waals surface area contributed by atoms with Crippen molar-refractivity contribution in [2.24, 2.45) is 11.3 Å². The summed E-state index contributed by atoms with van der Waals surface area (Å²) in [5, 5.41) is 26.6. The van der Waals surface area contributed by atoms with E-state index in [1.54, 1.807) is 44.1 Å². The van der Waals surface area contributed by atoms with Gasteiger partial charge in [0.25, 0.3) is 5.91 Å². The summed E-state index contributed by atoms with van der Waals surface area (Å²) >= 11 is 0. The number of imidazole rings is 1. The highest BCUT2D eigenvalue weighted by Crippen LogP contribution is 2.45. The first-order valence-electron chi connectivity index (χ1n) is 18.1. The SMILES string of the molecule is C=CC1C[C@]1(NC(=O)[C@@H]1C[C@@H](Oc2nnc(-n3ccnc3)c3ccccc23)CN1C(=O)[C@@H](NC(C)(O)OC(C)(C)C)C(C)(C)C)C(=O)NS(=O)(=O)C1CC1. The maximum Gasteiger partial charge on any atom is 0.259 e. The van der Waals surface area contributed by atoms with Crippen LogP contribution in [0.5, 0.6) is 5.88 Å². The summed E-state index contributed by atoms with van der Waals surface area (Å²) < 4.78 is 41.6. The first-order valence-corrected chi connectivity index (χ1v) is 19.6. The number of fused-ring (bicyclic) bond motifs is 1. The van der Waals surface area contributed by atoms with Gasteiger partial charge >= 0.3 is 0 Å². The van der Waals surface area contributed by atoms with Gasteiger partial charge in [-0.3, -0.25) is 29.0 Å². The van der Waals surface area contributed by atoms with Crippen molar-refractivity contribution in [3.63, 3.8) is 0 Å². The molecule has 3 amide bonds. The van der Waals surface area contributed by atoms with Crippen LogP contribution in [0.1, 0.15) is 74.1 Å². The van der Waals surface area contributed by atoms with Crippen molar-refractivity contribution in [1.82, 2.24) is 40.0 Å². The standard InChI is InChI=1S/C37H50N8O8S/c1-9-22-19-37(22,33(48)43-54(50,51)24-14-15-24)40-30(46)27-18-23(20-45(27)32(47)28(34(2,3)4)39-36(8,49)53-35(5,6)7)52-31-26-13-11-10-12-25(26)29(41-42-31)44-17-16-38-21-44/h9-13,16-17,21-24,27-28,39,49H,1,14-15,18-20H2,2-8H3,(H,40,46)(H,43,48)/t22?,23-,27+,28-,36?,37-/m1/s1. The zero-order valence-electron chi connectivity index (χ0n) is 31.7. The average molecular weight is 767 g/mol. The number of hydrogen-bond donors (Lipinski definition) is 4. The first kappa shape index (κ1) is 39.2. The summed E-state index contributed by atoms with van der Waals surface area (Å²) in [7, 11) is -3.91. The molecule has 0 bridgehead atoms. The van der Waals surface area contributed by atoms with Gasteiger partial charge in [-0.25, -0.2) is 13.4 Å². The Kier molecular flexibility index (Phi) is 10.2. The molecule has 292 valence electrons. The minimum absolute atomic E-state index is 0.000569. The van der Waals surface area contributed by atoms with Gasteiger partial charge in [-0.05, 0) is 51.5 Å². The van der Waals surface area contributed by atoms with Crippen molar-refractivity contribution in [3.8, 4) is 11.7 Å². The fourth-order valence-electron chi connectivity index (χ4n) is 6.99. The number of carbonyl (C=O) groups excluding carboxylic acids is 3. The monoisotopic (exact) mass is 766 g/mol. The number of nitrogens with one attached hydrogen (secondary N) is 3. The van der Waals surface area contributed by atoms with Gasteiger partial charge < -0.3 is 24.8 Å². The predicted molar refractivity (Wildman–Crippen MR) is 198 cm³/mol. The molecule has 6 atom stereocenters. The van der Waals surface area contributed by atoms with E-state index in [0.717, 1.165) is 5.39 Å². The van der Waals surface area contributed by atoms with Crippen molar-refractivity contribution in [2.45, 2.75) is 115 Å². The fourth-order valence-corrected chi connectivity index (χ4v) is 8.35. The third-order valence-electron chi connectivity index (χ3n) is 9.79. The lowest BCUT2D eigenvalue weighted by Crippen LogP contribution is -2.64. The second-order valence-corrected chi connectivity index (χ2v) is 18.6. The van der Waals surface area contributed by atoms with Crippen LogP contribution >= 0.6 is 0 Å². The zero-order valence-corrected chi connectivity index (χ0v) is 32.5. The molecule has 3 heterocycles. The third-order valence-corrected chi connectivity index (χ3v) is 11.6. The Balaban J connectivity index is 1.32. The lowest BCUT2D eigenvalue weighted by atomic mass is 9.85. The second-order valence-electron chi connectivity index (χ2n) is 16.6. The minimum Gasteiger partial charge on any atom is -0.471 e. The third kappa shape index (κ3) is 8.28. The molecule has 6 rings (SSSR count). The van der Waals surface area contributed by atoms with Crippen molar-refractivity contribution in [3.05, 3.63) is 55.6 Å². The van der Waals surface area contributed by atoms with E-state index in [-0.39, 0.29) is 25.3 Å². The summed E-state index contributed by atoms with van der Waals surface area (Å²) in [4.78, 5) is 48.1. The van der Waals surface area contributed by atoms with E-state index in [4.69, 9.17) is 9.47 Å². The van der Waals surface area contributed by atoms with Crippen LogP contribution in [-0.2, 0) is 29.1 Å². The highest BCUT2D eigenvalue weighted by atomic mass is 32.2. The predicted octanol–water partition coefficient (Wildman–Crippen LogP) is 2.32. The lowest BCUT2D eigenvalue weighted by Gasteiger charge is -2.41. The molecule has 3 fully saturated rings. The molecule has 0 radical (unpaired) electrons. The smallest absolute Gasteiger partial charge is 0.259 e. The summed E-state index contributed by atoms with van der Waals surface area (Å²) in [6.45, 7) is 15.9. The van der Waals surface area contributed by atoms with Crippen LogP contribution < -0.4 is 20.1 Å². The number of aliphatic hydroxyl groups is 1. The Hall–Kier alpha value is -4.45. The van der Waals surface area contributed by atoms with E-state index in [1.807, 2.05) is 45.0 Å². The Labute approximate surface area is 315 Å². The van der Waals surface area contributed by atoms with Gasteiger partial charge in [-0.2, -0.15) is 0 Å². The normalized spacial score (nSPS) is 24.7. The van der Waals surface area contributed by atoms with Gasteiger partial charge in [0.15, 0.2) is 5.82 Å². The Morgan fingerprint density at radius 2 is 1.76 bits per heavy atom. The van der Waals surface area contributed by atoms with E-state index in [9.17, 15) is 27.9 Å². The van der Waals surface area contributed by atoms with Crippen molar-refractivity contribution >= 4 is 38.5 Å². The minimum atomic E-state index is -3.91. The zero-order chi connectivity index (χ0) is 39.4. The molecule has 2 saturated carbocycles. The first-order chi connectivity index (χ1) is 25.1. The van der Waals surface area contributed by atoms with Gasteiger partial charge in [0.05, 0.1) is 23.4 Å². The van der Waals surface area contributed by atoms with Gasteiger partial charge in [-0.1, -0.05) is 45.0 Å². The maximum atomic E-state index is 14.7. The van der Waals surface area contributed by atoms with Crippen LogP contribution in [0.15, 0.2) is 55.6 Å². The van der Waals surface area contributed by atoms with Crippen LogP contribution in [0.4, 0.5) is 0 Å². The summed E-state index contributed by atoms with van der Waals surface area (Å²) in [6.07, 6.45) is 6.77. The molecule has 3 aliphatic rings. The molecular weight excluding hydrogens is 717 g/mol. The van der Waals surface area contributed by atoms with Crippen molar-refractivity contribution in [1.29, 1.82) is 0 Å².